The van der Waals surface area contributed by atoms with Gasteiger partial charge in [-0.3, -0.25) is 4.79 Å². The molecule has 0 spiro atoms. The minimum Gasteiger partial charge on any atom is -0.480 e. The first-order valence-corrected chi connectivity index (χ1v) is 2.48. The maximum absolute atomic E-state index is 9.91. The van der Waals surface area contributed by atoms with Gasteiger partial charge < -0.3 is 24.7 Å². The summed E-state index contributed by atoms with van der Waals surface area (Å²) >= 11 is 0. The molecular formula is C3H7NNaO3P. The van der Waals surface area contributed by atoms with E-state index >= 15 is 0 Å². The van der Waals surface area contributed by atoms with Crippen LogP contribution >= 0.6 is 9.39 Å². The standard InChI is InChI=1S/C3H7NO3P.Na/c5-1-2(4-8)3(6)7;/h2,4-5,8H,1H2,(H,6,7);/q-1;+1. The number of aliphatic hydroxyl groups is 1. The molecule has 0 aliphatic heterocycles. The molecule has 9 heavy (non-hydrogen) atoms. The van der Waals surface area contributed by atoms with Gasteiger partial charge in [0.2, 0.25) is 0 Å². The van der Waals surface area contributed by atoms with Crippen molar-refractivity contribution in [2.75, 3.05) is 6.61 Å². The zero-order chi connectivity index (χ0) is 6.57. The van der Waals surface area contributed by atoms with Crippen molar-refractivity contribution in [1.82, 2.24) is 5.09 Å². The molecule has 0 aromatic carbocycles. The fourth-order valence-corrected chi connectivity index (χ4v) is 0.400. The van der Waals surface area contributed by atoms with Gasteiger partial charge in [0, 0.05) is 0 Å². The van der Waals surface area contributed by atoms with Gasteiger partial charge >= 0.3 is 35.5 Å². The first-order chi connectivity index (χ1) is 3.72. The number of aliphatic carboxylic acids is 1. The third-order valence-electron chi connectivity index (χ3n) is 0.655. The third kappa shape index (κ3) is 5.27. The number of carbonyl (C=O) groups is 1. The molecule has 0 aromatic heterocycles. The summed E-state index contributed by atoms with van der Waals surface area (Å²) in [5.74, 6) is -1.08. The summed E-state index contributed by atoms with van der Waals surface area (Å²) < 4.78 is 0. The Bertz CT molecular complexity index is 87.1. The molecule has 0 fully saturated rings. The largest absolute Gasteiger partial charge is 1.00 e. The van der Waals surface area contributed by atoms with Gasteiger partial charge in [0.15, 0.2) is 0 Å². The summed E-state index contributed by atoms with van der Waals surface area (Å²) in [6.45, 7) is -0.418. The van der Waals surface area contributed by atoms with E-state index < -0.39 is 18.6 Å². The van der Waals surface area contributed by atoms with Gasteiger partial charge in [0.05, 0.1) is 6.61 Å². The summed E-state index contributed by atoms with van der Waals surface area (Å²) in [6.07, 6.45) is 0. The van der Waals surface area contributed by atoms with Crippen molar-refractivity contribution in [2.24, 2.45) is 0 Å². The van der Waals surface area contributed by atoms with E-state index in [-0.39, 0.29) is 29.6 Å². The Morgan fingerprint density at radius 3 is 2.22 bits per heavy atom. The summed E-state index contributed by atoms with van der Waals surface area (Å²) in [5, 5.41) is 18.5. The first-order valence-electron chi connectivity index (χ1n) is 1.98. The number of nitrogens with one attached hydrogen (secondary N) is 1. The van der Waals surface area contributed by atoms with Crippen molar-refractivity contribution in [3.63, 3.8) is 0 Å². The molecular weight excluding hydrogens is 152 g/mol. The number of hydrogen-bond donors (Lipinski definition) is 3. The molecule has 0 aromatic rings. The normalized spacial score (nSPS) is 11.8. The molecule has 4 nitrogen and oxygen atoms in total. The van der Waals surface area contributed by atoms with Crippen LogP contribution in [-0.4, -0.2) is 28.8 Å². The molecule has 3 N–H and O–H groups in total. The van der Waals surface area contributed by atoms with Crippen molar-refractivity contribution in [1.29, 1.82) is 0 Å². The Hall–Kier alpha value is 0.820. The molecule has 1 atom stereocenters. The molecule has 0 heterocycles. The molecule has 0 rings (SSSR count). The predicted molar refractivity (Wildman–Crippen MR) is 30.0 cm³/mol. The van der Waals surface area contributed by atoms with E-state index in [9.17, 15) is 4.79 Å². The van der Waals surface area contributed by atoms with Gasteiger partial charge in [-0.05, 0) is 0 Å². The van der Waals surface area contributed by atoms with Crippen LogP contribution in [0.25, 0.3) is 0 Å². The van der Waals surface area contributed by atoms with Crippen LogP contribution in [0.5, 0.6) is 0 Å². The second kappa shape index (κ2) is 6.93. The second-order valence-corrected chi connectivity index (χ2v) is 1.51. The molecule has 48 valence electrons. The van der Waals surface area contributed by atoms with Crippen molar-refractivity contribution < 1.29 is 44.6 Å². The van der Waals surface area contributed by atoms with Gasteiger partial charge in [-0.25, -0.2) is 0 Å². The zero-order valence-electron chi connectivity index (χ0n) is 5.09. The van der Waals surface area contributed by atoms with E-state index in [2.05, 4.69) is 14.5 Å². The first kappa shape index (κ1) is 12.5. The van der Waals surface area contributed by atoms with Crippen molar-refractivity contribution in [2.45, 2.75) is 6.04 Å². The molecule has 0 radical (unpaired) electrons. The maximum atomic E-state index is 9.91. The molecule has 0 amide bonds. The van der Waals surface area contributed by atoms with Crippen LogP contribution in [0.1, 0.15) is 0 Å². The summed E-state index contributed by atoms with van der Waals surface area (Å²) in [7, 11) is 2.73. The van der Waals surface area contributed by atoms with E-state index in [0.29, 0.717) is 0 Å². The smallest absolute Gasteiger partial charge is 0.480 e. The number of carboxylic acid groups (broad SMARTS) is 1. The topological polar surface area (TPSA) is 69.6 Å². The SMILES string of the molecule is O=C(O)C(CO)N[PH-].[Na+]. The van der Waals surface area contributed by atoms with Crippen molar-refractivity contribution >= 4 is 15.4 Å². The summed E-state index contributed by atoms with van der Waals surface area (Å²) in [5.41, 5.74) is 0. The van der Waals surface area contributed by atoms with E-state index in [4.69, 9.17) is 10.2 Å². The van der Waals surface area contributed by atoms with Crippen LogP contribution in [0.2, 0.25) is 0 Å². The fraction of sp³-hybridized carbons (Fsp3) is 0.667. The monoisotopic (exact) mass is 159 g/mol. The zero-order valence-corrected chi connectivity index (χ0v) is 8.09. The van der Waals surface area contributed by atoms with Crippen LogP contribution in [0.3, 0.4) is 0 Å². The molecule has 0 saturated heterocycles. The Morgan fingerprint density at radius 2 is 2.22 bits per heavy atom. The van der Waals surface area contributed by atoms with Crippen LogP contribution in [0.4, 0.5) is 0 Å². The Kier molecular flexibility index (Phi) is 9.62. The van der Waals surface area contributed by atoms with Gasteiger partial charge in [-0.15, -0.1) is 0 Å². The third-order valence-corrected chi connectivity index (χ3v) is 1.00. The quantitative estimate of drug-likeness (QED) is 0.290. The summed E-state index contributed by atoms with van der Waals surface area (Å²) in [6, 6.07) is -0.910. The second-order valence-electron chi connectivity index (χ2n) is 1.22. The Labute approximate surface area is 77.6 Å². The summed E-state index contributed by atoms with van der Waals surface area (Å²) in [4.78, 5) is 9.91. The Balaban J connectivity index is 0. The van der Waals surface area contributed by atoms with E-state index in [1.54, 1.807) is 0 Å². The fourth-order valence-electron chi connectivity index (χ4n) is 0.185. The van der Waals surface area contributed by atoms with Crippen LogP contribution in [0, 0.1) is 0 Å². The van der Waals surface area contributed by atoms with Crippen molar-refractivity contribution in [3.8, 4) is 0 Å². The molecule has 1 unspecified atom stereocenters. The van der Waals surface area contributed by atoms with E-state index in [1.807, 2.05) is 0 Å². The Morgan fingerprint density at radius 1 is 1.78 bits per heavy atom. The molecule has 0 saturated carbocycles. The van der Waals surface area contributed by atoms with Gasteiger partial charge in [0.1, 0.15) is 6.04 Å². The number of aliphatic hydroxyl groups excluding tert-OH is 1. The maximum Gasteiger partial charge on any atom is 1.00 e. The molecule has 6 heteroatoms. The van der Waals surface area contributed by atoms with Crippen LogP contribution in [-0.2, 0) is 4.79 Å². The minimum atomic E-state index is -1.08. The van der Waals surface area contributed by atoms with E-state index in [1.165, 1.54) is 0 Å². The van der Waals surface area contributed by atoms with Crippen molar-refractivity contribution in [3.05, 3.63) is 0 Å². The predicted octanol–water partition coefficient (Wildman–Crippen LogP) is -3.92. The number of hydrogen-bond acceptors (Lipinski definition) is 3. The molecule has 0 bridgehead atoms. The van der Waals surface area contributed by atoms with Gasteiger partial charge in [0.25, 0.3) is 0 Å². The van der Waals surface area contributed by atoms with E-state index in [0.717, 1.165) is 0 Å². The average Bonchev–Trinajstić information content (AvgIpc) is 1.69. The van der Waals surface area contributed by atoms with Gasteiger partial charge in [-0.1, -0.05) is 0 Å². The average molecular weight is 159 g/mol. The van der Waals surface area contributed by atoms with Crippen LogP contribution < -0.4 is 34.6 Å². The molecule has 0 aliphatic rings. The molecule has 0 aliphatic carbocycles. The number of carboxylic acids is 1. The number of rotatable bonds is 3. The van der Waals surface area contributed by atoms with Crippen LogP contribution in [0.15, 0.2) is 0 Å². The minimum absolute atomic E-state index is 0. The van der Waals surface area contributed by atoms with Gasteiger partial charge in [-0.2, -0.15) is 0 Å².